The summed E-state index contributed by atoms with van der Waals surface area (Å²) < 4.78 is 51.3. The Morgan fingerprint density at radius 2 is 1.68 bits per heavy atom. The monoisotopic (exact) mass is 801 g/mol. The van der Waals surface area contributed by atoms with E-state index in [4.69, 9.17) is 37.9 Å². The molecule has 0 aliphatic carbocycles. The third kappa shape index (κ3) is 9.49. The van der Waals surface area contributed by atoms with Gasteiger partial charge in [0.25, 0.3) is 0 Å². The fourth-order valence-electron chi connectivity index (χ4n) is 9.62. The smallest absolute Gasteiger partial charge is 0.330 e. The number of nitrogens with zero attached hydrogens (tertiary/aromatic N) is 2. The van der Waals surface area contributed by atoms with Crippen LogP contribution in [0.3, 0.4) is 0 Å². The highest BCUT2D eigenvalue weighted by Gasteiger charge is 2.58. The lowest BCUT2D eigenvalue weighted by atomic mass is 9.79. The van der Waals surface area contributed by atoms with E-state index >= 15 is 0 Å². The Hall–Kier alpha value is -1.76. The molecule has 0 saturated carbocycles. The summed E-state index contributed by atoms with van der Waals surface area (Å²) in [6.45, 7) is 21.8. The number of carbonyl (C=O) groups is 2. The van der Waals surface area contributed by atoms with Crippen molar-refractivity contribution in [3.63, 3.8) is 0 Å². The quantitative estimate of drug-likeness (QED) is 0.229. The third-order valence-electron chi connectivity index (χ3n) is 13.2. The lowest BCUT2D eigenvalue weighted by Crippen LogP contribution is -2.63. The van der Waals surface area contributed by atoms with Crippen molar-refractivity contribution in [2.24, 2.45) is 17.8 Å². The first-order chi connectivity index (χ1) is 26.0. The van der Waals surface area contributed by atoms with E-state index in [9.17, 15) is 24.9 Å². The SMILES string of the molecule is C=CC(=O)O[C@@H]1[C@@H](C)N(C)C2O[C@](C)(C[C@H]2C)[C@H](O[C@@H]2O[C@H](C)C[C@H](N(C)C)[C@H]2O)[C@@H](C)[C@H](O[C@H]2C[C@@](C)(OC)[C@@H](O)[C@H](C)O2)[C@@H](C)C(=O)O[C@H](CC)[C@@]1(C)O. The number of ether oxygens (including phenoxy) is 8. The first kappa shape index (κ1) is 46.9. The van der Waals surface area contributed by atoms with Crippen molar-refractivity contribution in [3.8, 4) is 0 Å². The largest absolute Gasteiger partial charge is 0.459 e. The molecule has 324 valence electrons. The molecule has 56 heavy (non-hydrogen) atoms. The lowest BCUT2D eigenvalue weighted by Gasteiger charge is -2.49. The number of fused-ring (bicyclic) bond motifs is 2. The molecular formula is C41H72N2O13. The van der Waals surface area contributed by atoms with Crippen molar-refractivity contribution in [2.75, 3.05) is 28.3 Å². The number of rotatable bonds is 9. The van der Waals surface area contributed by atoms with Crippen molar-refractivity contribution < 1.29 is 62.8 Å². The van der Waals surface area contributed by atoms with Gasteiger partial charge in [-0.3, -0.25) is 9.69 Å². The molecule has 2 bridgehead atoms. The molecule has 4 saturated heterocycles. The molecule has 3 N–H and O–H groups in total. The number of esters is 2. The Morgan fingerprint density at radius 1 is 1.04 bits per heavy atom. The minimum absolute atomic E-state index is 0.106. The highest BCUT2D eigenvalue weighted by molar-refractivity contribution is 5.81. The first-order valence-electron chi connectivity index (χ1n) is 20.3. The molecule has 1 unspecified atom stereocenters. The fraction of sp³-hybridized carbons (Fsp3) is 0.902. The van der Waals surface area contributed by atoms with Gasteiger partial charge in [0.1, 0.15) is 36.2 Å². The average Bonchev–Trinajstić information content (AvgIpc) is 3.45. The second-order valence-electron chi connectivity index (χ2n) is 17.8. The van der Waals surface area contributed by atoms with Crippen molar-refractivity contribution >= 4 is 11.9 Å². The zero-order valence-electron chi connectivity index (χ0n) is 36.2. The summed E-state index contributed by atoms with van der Waals surface area (Å²) >= 11 is 0. The maximum atomic E-state index is 14.5. The summed E-state index contributed by atoms with van der Waals surface area (Å²) in [6.07, 6.45) is -6.99. The molecule has 0 aromatic heterocycles. The van der Waals surface area contributed by atoms with Gasteiger partial charge in [0.15, 0.2) is 12.6 Å². The van der Waals surface area contributed by atoms with Crippen LogP contribution >= 0.6 is 0 Å². The van der Waals surface area contributed by atoms with Crippen LogP contribution in [-0.4, -0.2) is 162 Å². The average molecular weight is 801 g/mol. The molecule has 0 amide bonds. The topological polar surface area (TPSA) is 175 Å². The summed E-state index contributed by atoms with van der Waals surface area (Å²) in [5.74, 6) is -3.13. The second-order valence-corrected chi connectivity index (χ2v) is 17.8. The number of methoxy groups -OCH3 is 1. The van der Waals surface area contributed by atoms with Crippen molar-refractivity contribution in [3.05, 3.63) is 12.7 Å². The van der Waals surface area contributed by atoms with Crippen molar-refractivity contribution in [1.82, 2.24) is 9.80 Å². The van der Waals surface area contributed by atoms with Crippen LogP contribution in [0.15, 0.2) is 12.7 Å². The number of aliphatic hydroxyl groups excluding tert-OH is 2. The predicted octanol–water partition coefficient (Wildman–Crippen LogP) is 3.00. The zero-order chi connectivity index (χ0) is 42.2. The minimum atomic E-state index is -1.86. The van der Waals surface area contributed by atoms with Crippen molar-refractivity contribution in [2.45, 2.75) is 191 Å². The molecule has 19 atom stereocenters. The highest BCUT2D eigenvalue weighted by atomic mass is 16.7. The molecule has 0 radical (unpaired) electrons. The maximum Gasteiger partial charge on any atom is 0.330 e. The molecule has 4 aliphatic heterocycles. The van der Waals surface area contributed by atoms with Crippen LogP contribution in [0, 0.1) is 17.8 Å². The van der Waals surface area contributed by atoms with E-state index in [0.717, 1.165) is 6.08 Å². The minimum Gasteiger partial charge on any atom is -0.459 e. The third-order valence-corrected chi connectivity index (χ3v) is 13.2. The van der Waals surface area contributed by atoms with Crippen LogP contribution in [0.1, 0.15) is 94.9 Å². The Balaban J connectivity index is 1.89. The second kappa shape index (κ2) is 18.2. The van der Waals surface area contributed by atoms with Gasteiger partial charge in [-0.05, 0) is 94.8 Å². The van der Waals surface area contributed by atoms with Crippen molar-refractivity contribution in [1.29, 1.82) is 0 Å². The van der Waals surface area contributed by atoms with Gasteiger partial charge >= 0.3 is 11.9 Å². The summed E-state index contributed by atoms with van der Waals surface area (Å²) in [7, 11) is 7.18. The first-order valence-corrected chi connectivity index (χ1v) is 20.3. The fourth-order valence-corrected chi connectivity index (χ4v) is 9.62. The van der Waals surface area contributed by atoms with Crippen LogP contribution in [0.5, 0.6) is 0 Å². The number of hydrogen-bond acceptors (Lipinski definition) is 15. The summed E-state index contributed by atoms with van der Waals surface area (Å²) in [4.78, 5) is 31.2. The summed E-state index contributed by atoms with van der Waals surface area (Å²) in [5.41, 5.74) is -3.92. The molecular weight excluding hydrogens is 728 g/mol. The van der Waals surface area contributed by atoms with Crippen LogP contribution in [0.25, 0.3) is 0 Å². The highest BCUT2D eigenvalue weighted by Crippen LogP contribution is 2.46. The number of hydrogen-bond donors (Lipinski definition) is 3. The molecule has 0 aromatic carbocycles. The van der Waals surface area contributed by atoms with Crippen LogP contribution in [0.2, 0.25) is 0 Å². The van der Waals surface area contributed by atoms with Crippen LogP contribution in [-0.2, 0) is 47.5 Å². The molecule has 4 rings (SSSR count). The standard InChI is InChI=1S/C41H72N2O13/c1-16-28-41(11,48)35(53-29(44)17-2)25(7)43(14)36-21(3)19-40(10,56-36)34(55-38-31(45)27(42(12)13)18-22(4)50-38)23(5)32(24(6)37(47)52-28)54-30-20-39(9,49-15)33(46)26(8)51-30/h17,21-28,30-36,38,45-46,48H,2,16,18-20H2,1,3-15H3/t21-,22-,23+,24-,25-,26+,27+,28-,30+,31-,32+,33+,34-,35-,36?,38+,39-,40-,41-/m1/s1. The lowest BCUT2D eigenvalue weighted by molar-refractivity contribution is -0.321. The van der Waals surface area contributed by atoms with Crippen LogP contribution < -0.4 is 0 Å². The maximum absolute atomic E-state index is 14.5. The zero-order valence-corrected chi connectivity index (χ0v) is 36.2. The van der Waals surface area contributed by atoms with Crippen LogP contribution in [0.4, 0.5) is 0 Å². The Bertz CT molecular complexity index is 1350. The molecule has 0 aromatic rings. The van der Waals surface area contributed by atoms with Gasteiger partial charge < -0.3 is 58.1 Å². The van der Waals surface area contributed by atoms with E-state index in [1.54, 1.807) is 27.7 Å². The van der Waals surface area contributed by atoms with Gasteiger partial charge in [0.05, 0.1) is 41.5 Å². The number of aliphatic hydroxyl groups is 3. The van der Waals surface area contributed by atoms with E-state index in [1.165, 1.54) is 14.0 Å². The number of likely N-dealkylation sites (N-methyl/N-ethyl adjacent to an activating group) is 2. The molecule has 4 aliphatic rings. The van der Waals surface area contributed by atoms with E-state index in [1.807, 2.05) is 58.6 Å². The molecule has 4 fully saturated rings. The van der Waals surface area contributed by atoms with Gasteiger partial charge in [-0.1, -0.05) is 27.4 Å². The molecule has 4 heterocycles. The molecule has 15 nitrogen and oxygen atoms in total. The Kier molecular flexibility index (Phi) is 15.3. The van der Waals surface area contributed by atoms with E-state index in [0.29, 0.717) is 12.8 Å². The Morgan fingerprint density at radius 3 is 2.25 bits per heavy atom. The molecule has 0 spiro atoms. The van der Waals surface area contributed by atoms with Gasteiger partial charge in [-0.2, -0.15) is 0 Å². The van der Waals surface area contributed by atoms with Gasteiger partial charge in [0.2, 0.25) is 0 Å². The predicted molar refractivity (Wildman–Crippen MR) is 206 cm³/mol. The number of cyclic esters (lactones) is 1. The van der Waals surface area contributed by atoms with Gasteiger partial charge in [-0.15, -0.1) is 0 Å². The molecule has 15 heteroatoms. The van der Waals surface area contributed by atoms with E-state index in [-0.39, 0.29) is 30.9 Å². The normalized spacial score (nSPS) is 48.6. The Labute approximate surface area is 334 Å². The summed E-state index contributed by atoms with van der Waals surface area (Å²) in [6, 6.07) is -0.885. The van der Waals surface area contributed by atoms with E-state index < -0.39 is 108 Å². The number of carbonyl (C=O) groups excluding carboxylic acids is 2. The summed E-state index contributed by atoms with van der Waals surface area (Å²) in [5, 5.41) is 35.0. The van der Waals surface area contributed by atoms with Gasteiger partial charge in [0, 0.05) is 37.6 Å². The van der Waals surface area contributed by atoms with E-state index in [2.05, 4.69) is 13.5 Å². The van der Waals surface area contributed by atoms with Gasteiger partial charge in [-0.25, -0.2) is 4.79 Å².